The topological polar surface area (TPSA) is 79.3 Å². The Morgan fingerprint density at radius 2 is 2.35 bits per heavy atom. The van der Waals surface area contributed by atoms with Crippen molar-refractivity contribution in [1.82, 2.24) is 10.3 Å². The van der Waals surface area contributed by atoms with Crippen molar-refractivity contribution in [3.05, 3.63) is 16.6 Å². The number of aliphatic carboxylic acids is 1. The Hall–Kier alpha value is -1.43. The summed E-state index contributed by atoms with van der Waals surface area (Å²) in [7, 11) is 0. The van der Waals surface area contributed by atoms with Gasteiger partial charge in [-0.1, -0.05) is 12.8 Å². The van der Waals surface area contributed by atoms with Crippen molar-refractivity contribution in [1.29, 1.82) is 0 Å². The molecule has 1 aromatic rings. The highest BCUT2D eigenvalue weighted by Gasteiger charge is 2.41. The average molecular weight is 296 g/mol. The van der Waals surface area contributed by atoms with Gasteiger partial charge in [0.1, 0.15) is 0 Å². The van der Waals surface area contributed by atoms with E-state index in [1.807, 2.05) is 12.3 Å². The van der Waals surface area contributed by atoms with Gasteiger partial charge in [-0.05, 0) is 26.2 Å². The van der Waals surface area contributed by atoms with Crippen molar-refractivity contribution >= 4 is 23.2 Å². The lowest BCUT2D eigenvalue weighted by Crippen LogP contribution is -2.55. The summed E-state index contributed by atoms with van der Waals surface area (Å²) < 4.78 is 0. The summed E-state index contributed by atoms with van der Waals surface area (Å²) in [5.41, 5.74) is 2.04. The number of rotatable bonds is 5. The lowest BCUT2D eigenvalue weighted by atomic mass is 9.74. The normalized spacial score (nSPS) is 26.1. The standard InChI is InChI=1S/C14H20N2O3S/c1-14(7-3-2-4-11(14)13(18)19)16-12(17)6-5-10-8-20-9-15-10/h8-9,11H,2-7H2,1H3,(H,16,17)(H,18,19). The number of nitrogens with one attached hydrogen (secondary N) is 1. The number of hydrogen-bond donors (Lipinski definition) is 2. The van der Waals surface area contributed by atoms with Gasteiger partial charge in [0.2, 0.25) is 5.91 Å². The maximum absolute atomic E-state index is 12.1. The Bertz CT molecular complexity index is 475. The molecule has 1 aliphatic rings. The molecule has 0 radical (unpaired) electrons. The summed E-state index contributed by atoms with van der Waals surface area (Å²) >= 11 is 1.51. The minimum atomic E-state index is -0.813. The number of amides is 1. The first kappa shape index (κ1) is 15.0. The van der Waals surface area contributed by atoms with Crippen LogP contribution < -0.4 is 5.32 Å². The molecule has 2 rings (SSSR count). The number of thiazole rings is 1. The molecule has 0 aromatic carbocycles. The van der Waals surface area contributed by atoms with Gasteiger partial charge in [0.05, 0.1) is 22.7 Å². The minimum Gasteiger partial charge on any atom is -0.481 e. The third-order valence-corrected chi connectivity index (χ3v) is 4.66. The molecule has 1 aromatic heterocycles. The Kier molecular flexibility index (Phi) is 4.75. The average Bonchev–Trinajstić information content (AvgIpc) is 2.89. The molecule has 6 heteroatoms. The van der Waals surface area contributed by atoms with Gasteiger partial charge in [0.15, 0.2) is 0 Å². The van der Waals surface area contributed by atoms with E-state index >= 15 is 0 Å². The quantitative estimate of drug-likeness (QED) is 0.873. The molecule has 1 saturated carbocycles. The predicted molar refractivity (Wildman–Crippen MR) is 76.6 cm³/mol. The Morgan fingerprint density at radius 3 is 3.00 bits per heavy atom. The third kappa shape index (κ3) is 3.56. The lowest BCUT2D eigenvalue weighted by molar-refractivity contribution is -0.146. The number of carboxylic acids is 1. The fourth-order valence-electron chi connectivity index (χ4n) is 2.86. The molecular weight excluding hydrogens is 276 g/mol. The van der Waals surface area contributed by atoms with Gasteiger partial charge < -0.3 is 10.4 Å². The number of hydrogen-bond acceptors (Lipinski definition) is 4. The van der Waals surface area contributed by atoms with E-state index in [9.17, 15) is 14.7 Å². The fraction of sp³-hybridized carbons (Fsp3) is 0.643. The molecule has 0 spiro atoms. The molecule has 2 atom stereocenters. The highest BCUT2D eigenvalue weighted by Crippen LogP contribution is 2.33. The van der Waals surface area contributed by atoms with Crippen LogP contribution in [0.15, 0.2) is 10.9 Å². The first-order valence-electron chi connectivity index (χ1n) is 6.92. The van der Waals surface area contributed by atoms with Crippen LogP contribution >= 0.6 is 11.3 Å². The van der Waals surface area contributed by atoms with Crippen LogP contribution in [0.3, 0.4) is 0 Å². The molecule has 0 saturated heterocycles. The van der Waals surface area contributed by atoms with Gasteiger partial charge in [0, 0.05) is 11.8 Å². The molecule has 0 bridgehead atoms. The highest BCUT2D eigenvalue weighted by atomic mass is 32.1. The van der Waals surface area contributed by atoms with E-state index in [0.29, 0.717) is 19.3 Å². The van der Waals surface area contributed by atoms with Crippen LogP contribution in [0.25, 0.3) is 0 Å². The molecule has 1 heterocycles. The zero-order valence-electron chi connectivity index (χ0n) is 11.6. The predicted octanol–water partition coefficient (Wildman–Crippen LogP) is 2.23. The summed E-state index contributed by atoms with van der Waals surface area (Å²) in [6.45, 7) is 1.85. The maximum Gasteiger partial charge on any atom is 0.308 e. The summed E-state index contributed by atoms with van der Waals surface area (Å²) in [6, 6.07) is 0. The van der Waals surface area contributed by atoms with Crippen LogP contribution in [0.5, 0.6) is 0 Å². The van der Waals surface area contributed by atoms with Crippen molar-refractivity contribution in [2.75, 3.05) is 0 Å². The molecule has 1 amide bonds. The van der Waals surface area contributed by atoms with Crippen LogP contribution in [0.4, 0.5) is 0 Å². The van der Waals surface area contributed by atoms with E-state index < -0.39 is 17.4 Å². The monoisotopic (exact) mass is 296 g/mol. The molecule has 2 N–H and O–H groups in total. The number of carbonyl (C=O) groups excluding carboxylic acids is 1. The van der Waals surface area contributed by atoms with Gasteiger partial charge in [-0.3, -0.25) is 9.59 Å². The smallest absolute Gasteiger partial charge is 0.308 e. The number of nitrogens with zero attached hydrogens (tertiary/aromatic N) is 1. The van der Waals surface area contributed by atoms with E-state index in [1.54, 1.807) is 5.51 Å². The molecule has 2 unspecified atom stereocenters. The summed E-state index contributed by atoms with van der Waals surface area (Å²) in [5, 5.41) is 14.2. The number of carbonyl (C=O) groups is 2. The minimum absolute atomic E-state index is 0.0892. The van der Waals surface area contributed by atoms with Crippen molar-refractivity contribution < 1.29 is 14.7 Å². The van der Waals surface area contributed by atoms with Crippen molar-refractivity contribution in [3.63, 3.8) is 0 Å². The van der Waals surface area contributed by atoms with Gasteiger partial charge in [-0.2, -0.15) is 0 Å². The SMILES string of the molecule is CC1(NC(=O)CCc2cscn2)CCCCC1C(=O)O. The Morgan fingerprint density at radius 1 is 1.55 bits per heavy atom. The van der Waals surface area contributed by atoms with Gasteiger partial charge in [-0.15, -0.1) is 11.3 Å². The van der Waals surface area contributed by atoms with E-state index in [-0.39, 0.29) is 5.91 Å². The van der Waals surface area contributed by atoms with Crippen molar-refractivity contribution in [3.8, 4) is 0 Å². The largest absolute Gasteiger partial charge is 0.481 e. The van der Waals surface area contributed by atoms with Crippen LogP contribution in [-0.2, 0) is 16.0 Å². The third-order valence-electron chi connectivity index (χ3n) is 4.02. The summed E-state index contributed by atoms with van der Waals surface area (Å²) in [4.78, 5) is 27.5. The number of carboxylic acid groups (broad SMARTS) is 1. The number of aryl methyl sites for hydroxylation is 1. The van der Waals surface area contributed by atoms with E-state index in [4.69, 9.17) is 0 Å². The second kappa shape index (κ2) is 6.35. The van der Waals surface area contributed by atoms with Crippen LogP contribution in [0.1, 0.15) is 44.7 Å². The Balaban J connectivity index is 1.92. The molecule has 20 heavy (non-hydrogen) atoms. The maximum atomic E-state index is 12.1. The van der Waals surface area contributed by atoms with Gasteiger partial charge in [0.25, 0.3) is 0 Å². The molecule has 5 nitrogen and oxygen atoms in total. The van der Waals surface area contributed by atoms with E-state index in [1.165, 1.54) is 11.3 Å². The lowest BCUT2D eigenvalue weighted by Gasteiger charge is -2.39. The first-order valence-corrected chi connectivity index (χ1v) is 7.86. The summed E-state index contributed by atoms with van der Waals surface area (Å²) in [5.74, 6) is -1.39. The zero-order chi connectivity index (χ0) is 14.6. The van der Waals surface area contributed by atoms with Crippen LogP contribution in [0, 0.1) is 5.92 Å². The first-order chi connectivity index (χ1) is 9.51. The van der Waals surface area contributed by atoms with E-state index in [2.05, 4.69) is 10.3 Å². The Labute approximate surface area is 122 Å². The fourth-order valence-corrected chi connectivity index (χ4v) is 3.46. The molecule has 1 aliphatic carbocycles. The van der Waals surface area contributed by atoms with Crippen LogP contribution in [0.2, 0.25) is 0 Å². The molecule has 0 aliphatic heterocycles. The van der Waals surface area contributed by atoms with E-state index in [0.717, 1.165) is 25.0 Å². The van der Waals surface area contributed by atoms with Crippen molar-refractivity contribution in [2.45, 2.75) is 51.0 Å². The van der Waals surface area contributed by atoms with Crippen LogP contribution in [-0.4, -0.2) is 27.5 Å². The zero-order valence-corrected chi connectivity index (χ0v) is 12.4. The highest BCUT2D eigenvalue weighted by molar-refractivity contribution is 7.07. The second-order valence-corrected chi connectivity index (χ2v) is 6.30. The van der Waals surface area contributed by atoms with Crippen molar-refractivity contribution in [2.24, 2.45) is 5.92 Å². The molecule has 1 fully saturated rings. The van der Waals surface area contributed by atoms with Gasteiger partial charge in [-0.25, -0.2) is 4.98 Å². The summed E-state index contributed by atoms with van der Waals surface area (Å²) in [6.07, 6.45) is 4.20. The second-order valence-electron chi connectivity index (χ2n) is 5.58. The molecular formula is C14H20N2O3S. The van der Waals surface area contributed by atoms with Gasteiger partial charge >= 0.3 is 5.97 Å². The molecule has 110 valence electrons. The number of aromatic nitrogens is 1.